The summed E-state index contributed by atoms with van der Waals surface area (Å²) < 4.78 is 4.57. The van der Waals surface area contributed by atoms with Gasteiger partial charge >= 0.3 is 6.09 Å². The number of nitrogens with one attached hydrogen (secondary N) is 2. The third-order valence-corrected chi connectivity index (χ3v) is 3.11. The fourth-order valence-electron chi connectivity index (χ4n) is 2.05. The van der Waals surface area contributed by atoms with Gasteiger partial charge in [0.05, 0.1) is 7.11 Å². The Morgan fingerprint density at radius 3 is 2.57 bits per heavy atom. The molecular weight excluding hydrogens is 264 g/mol. The van der Waals surface area contributed by atoms with E-state index in [1.807, 2.05) is 30.3 Å². The van der Waals surface area contributed by atoms with E-state index < -0.39 is 6.09 Å². The monoisotopic (exact) mass is 284 g/mol. The first-order valence-corrected chi connectivity index (χ1v) is 7.01. The molecule has 21 heavy (non-hydrogen) atoms. The Kier molecular flexibility index (Phi) is 5.64. The average Bonchev–Trinajstić information content (AvgIpc) is 2.53. The van der Waals surface area contributed by atoms with Crippen molar-refractivity contribution in [1.29, 1.82) is 0 Å². The molecule has 0 aliphatic heterocycles. The maximum atomic E-state index is 11.2. The molecule has 0 radical (unpaired) electrons. The zero-order chi connectivity index (χ0) is 14.9. The lowest BCUT2D eigenvalue weighted by Crippen LogP contribution is -2.11. The molecule has 2 N–H and O–H groups in total. The lowest BCUT2D eigenvalue weighted by molar-refractivity contribution is 0.187. The molecule has 2 aromatic carbocycles. The number of ether oxygens (including phenoxy) is 1. The Balaban J connectivity index is 1.78. The zero-order valence-corrected chi connectivity index (χ0v) is 12.1. The van der Waals surface area contributed by atoms with Crippen molar-refractivity contribution in [3.8, 4) is 0 Å². The first-order valence-electron chi connectivity index (χ1n) is 7.01. The van der Waals surface area contributed by atoms with Gasteiger partial charge < -0.3 is 10.1 Å². The van der Waals surface area contributed by atoms with Crippen LogP contribution in [0.3, 0.4) is 0 Å². The van der Waals surface area contributed by atoms with Gasteiger partial charge in [-0.3, -0.25) is 5.32 Å². The van der Waals surface area contributed by atoms with Gasteiger partial charge in [0, 0.05) is 17.9 Å². The van der Waals surface area contributed by atoms with Crippen molar-refractivity contribution < 1.29 is 9.53 Å². The normalized spacial score (nSPS) is 9.95. The predicted molar refractivity (Wildman–Crippen MR) is 85.7 cm³/mol. The molecule has 2 rings (SSSR count). The topological polar surface area (TPSA) is 50.4 Å². The first kappa shape index (κ1) is 14.9. The molecule has 0 bridgehead atoms. The quantitative estimate of drug-likeness (QED) is 0.791. The van der Waals surface area contributed by atoms with Crippen LogP contribution in [0.15, 0.2) is 54.6 Å². The number of methoxy groups -OCH3 is 1. The second kappa shape index (κ2) is 7.94. The fourth-order valence-corrected chi connectivity index (χ4v) is 2.05. The summed E-state index contributed by atoms with van der Waals surface area (Å²) >= 11 is 0. The number of aryl methyl sites for hydroxylation is 1. The van der Waals surface area contributed by atoms with E-state index in [-0.39, 0.29) is 0 Å². The molecule has 0 spiro atoms. The molecular formula is C17H20N2O2. The summed E-state index contributed by atoms with van der Waals surface area (Å²) in [6.07, 6.45) is 1.64. The number of carbonyl (C=O) groups excluding carboxylic acids is 1. The van der Waals surface area contributed by atoms with Crippen LogP contribution in [0.2, 0.25) is 0 Å². The van der Waals surface area contributed by atoms with Crippen LogP contribution < -0.4 is 10.6 Å². The molecule has 2 aromatic rings. The zero-order valence-electron chi connectivity index (χ0n) is 12.1. The molecule has 0 atom stereocenters. The third-order valence-electron chi connectivity index (χ3n) is 3.11. The highest BCUT2D eigenvalue weighted by Crippen LogP contribution is 2.15. The summed E-state index contributed by atoms with van der Waals surface area (Å²) in [6.45, 7) is 0.885. The standard InChI is InChI=1S/C17H20N2O2/c1-21-17(20)19-16-11-5-10-15(13-16)18-12-6-9-14-7-3-2-4-8-14/h2-5,7-8,10-11,13,18H,6,9,12H2,1H3,(H,19,20). The number of rotatable bonds is 6. The van der Waals surface area contributed by atoms with Gasteiger partial charge in [0.15, 0.2) is 0 Å². The Labute approximate surface area is 125 Å². The molecule has 0 aliphatic carbocycles. The van der Waals surface area contributed by atoms with E-state index in [9.17, 15) is 4.79 Å². The van der Waals surface area contributed by atoms with Crippen molar-refractivity contribution in [2.24, 2.45) is 0 Å². The van der Waals surface area contributed by atoms with E-state index in [2.05, 4.69) is 39.6 Å². The van der Waals surface area contributed by atoms with Crippen molar-refractivity contribution in [1.82, 2.24) is 0 Å². The molecule has 4 heteroatoms. The SMILES string of the molecule is COC(=O)Nc1cccc(NCCCc2ccccc2)c1. The maximum Gasteiger partial charge on any atom is 0.411 e. The second-order valence-electron chi connectivity index (χ2n) is 4.71. The summed E-state index contributed by atoms with van der Waals surface area (Å²) in [5.74, 6) is 0. The summed E-state index contributed by atoms with van der Waals surface area (Å²) in [7, 11) is 1.35. The predicted octanol–water partition coefficient (Wildman–Crippen LogP) is 3.91. The molecule has 0 saturated heterocycles. The van der Waals surface area contributed by atoms with Gasteiger partial charge in [-0.1, -0.05) is 36.4 Å². The highest BCUT2D eigenvalue weighted by Gasteiger charge is 2.01. The largest absolute Gasteiger partial charge is 0.453 e. The van der Waals surface area contributed by atoms with Crippen molar-refractivity contribution in [2.45, 2.75) is 12.8 Å². The molecule has 110 valence electrons. The van der Waals surface area contributed by atoms with Crippen LogP contribution in [0.25, 0.3) is 0 Å². The van der Waals surface area contributed by atoms with Crippen LogP contribution in [0.5, 0.6) is 0 Å². The lowest BCUT2D eigenvalue weighted by Gasteiger charge is -2.09. The number of hydrogen-bond donors (Lipinski definition) is 2. The first-order chi connectivity index (χ1) is 10.3. The molecule has 1 amide bonds. The van der Waals surface area contributed by atoms with E-state index in [0.29, 0.717) is 0 Å². The molecule has 0 fully saturated rings. The van der Waals surface area contributed by atoms with Crippen LogP contribution in [-0.2, 0) is 11.2 Å². The molecule has 0 unspecified atom stereocenters. The minimum Gasteiger partial charge on any atom is -0.453 e. The average molecular weight is 284 g/mol. The van der Waals surface area contributed by atoms with Crippen LogP contribution in [0.1, 0.15) is 12.0 Å². The van der Waals surface area contributed by atoms with Gasteiger partial charge in [0.2, 0.25) is 0 Å². The van der Waals surface area contributed by atoms with Crippen molar-refractivity contribution >= 4 is 17.5 Å². The van der Waals surface area contributed by atoms with Gasteiger partial charge in [-0.2, -0.15) is 0 Å². The Morgan fingerprint density at radius 2 is 1.81 bits per heavy atom. The highest BCUT2D eigenvalue weighted by molar-refractivity contribution is 5.85. The summed E-state index contributed by atoms with van der Waals surface area (Å²) in [5, 5.41) is 6.00. The van der Waals surface area contributed by atoms with Crippen LogP contribution >= 0.6 is 0 Å². The van der Waals surface area contributed by atoms with Crippen molar-refractivity contribution in [3.05, 3.63) is 60.2 Å². The molecule has 0 aliphatic rings. The number of amides is 1. The van der Waals surface area contributed by atoms with Crippen molar-refractivity contribution in [2.75, 3.05) is 24.3 Å². The van der Waals surface area contributed by atoms with Crippen molar-refractivity contribution in [3.63, 3.8) is 0 Å². The van der Waals surface area contributed by atoms with E-state index in [0.717, 1.165) is 30.8 Å². The Morgan fingerprint density at radius 1 is 1.05 bits per heavy atom. The Bertz CT molecular complexity index is 570. The number of carbonyl (C=O) groups is 1. The smallest absolute Gasteiger partial charge is 0.411 e. The minimum atomic E-state index is -0.462. The lowest BCUT2D eigenvalue weighted by atomic mass is 10.1. The Hall–Kier alpha value is -2.49. The molecule has 0 heterocycles. The van der Waals surface area contributed by atoms with E-state index in [4.69, 9.17) is 0 Å². The number of anilines is 2. The van der Waals surface area contributed by atoms with Crippen LogP contribution in [-0.4, -0.2) is 19.7 Å². The maximum absolute atomic E-state index is 11.2. The van der Waals surface area contributed by atoms with E-state index in [1.165, 1.54) is 12.7 Å². The van der Waals surface area contributed by atoms with Gasteiger partial charge in [0.25, 0.3) is 0 Å². The molecule has 0 aromatic heterocycles. The second-order valence-corrected chi connectivity index (χ2v) is 4.71. The summed E-state index contributed by atoms with van der Waals surface area (Å²) in [5.41, 5.74) is 3.05. The summed E-state index contributed by atoms with van der Waals surface area (Å²) in [6, 6.07) is 18.0. The van der Waals surface area contributed by atoms with E-state index in [1.54, 1.807) is 0 Å². The van der Waals surface area contributed by atoms with Gasteiger partial charge in [0.1, 0.15) is 0 Å². The van der Waals surface area contributed by atoms with Crippen LogP contribution in [0, 0.1) is 0 Å². The van der Waals surface area contributed by atoms with Gasteiger partial charge in [-0.05, 0) is 36.6 Å². The fraction of sp³-hybridized carbons (Fsp3) is 0.235. The molecule has 4 nitrogen and oxygen atoms in total. The number of benzene rings is 2. The van der Waals surface area contributed by atoms with E-state index >= 15 is 0 Å². The minimum absolute atomic E-state index is 0.462. The number of hydrogen-bond acceptors (Lipinski definition) is 3. The van der Waals surface area contributed by atoms with Gasteiger partial charge in [-0.25, -0.2) is 4.79 Å². The van der Waals surface area contributed by atoms with Crippen LogP contribution in [0.4, 0.5) is 16.2 Å². The highest BCUT2D eigenvalue weighted by atomic mass is 16.5. The van der Waals surface area contributed by atoms with Gasteiger partial charge in [-0.15, -0.1) is 0 Å². The molecule has 0 saturated carbocycles. The summed E-state index contributed by atoms with van der Waals surface area (Å²) in [4.78, 5) is 11.2. The third kappa shape index (κ3) is 5.18.